The van der Waals surface area contributed by atoms with E-state index in [1.165, 1.54) is 12.8 Å². The van der Waals surface area contributed by atoms with Crippen LogP contribution in [0.25, 0.3) is 0 Å². The smallest absolute Gasteiger partial charge is 0.141 e. The maximum atomic E-state index is 5.30. The normalized spacial score (nSPS) is 16.2. The van der Waals surface area contributed by atoms with Gasteiger partial charge in [0.05, 0.1) is 0 Å². The SMILES string of the molecule is Brc1ccccc1[C]=NOC1=CCCCC1. The Morgan fingerprint density at radius 3 is 2.88 bits per heavy atom. The highest BCUT2D eigenvalue weighted by molar-refractivity contribution is 9.10. The summed E-state index contributed by atoms with van der Waals surface area (Å²) in [5, 5.41) is 3.88. The summed E-state index contributed by atoms with van der Waals surface area (Å²) < 4.78 is 0.972. The van der Waals surface area contributed by atoms with Crippen LogP contribution in [-0.4, -0.2) is 6.21 Å². The molecule has 0 aromatic heterocycles. The molecule has 0 saturated heterocycles. The van der Waals surface area contributed by atoms with Crippen LogP contribution < -0.4 is 0 Å². The molecule has 0 amide bonds. The molecule has 2 nitrogen and oxygen atoms in total. The maximum absolute atomic E-state index is 5.30. The van der Waals surface area contributed by atoms with Gasteiger partial charge in [-0.2, -0.15) is 0 Å². The predicted molar refractivity (Wildman–Crippen MR) is 68.3 cm³/mol. The van der Waals surface area contributed by atoms with E-state index in [0.29, 0.717) is 0 Å². The number of rotatable bonds is 3. The number of hydrogen-bond acceptors (Lipinski definition) is 2. The molecular weight excluding hydrogens is 266 g/mol. The van der Waals surface area contributed by atoms with Gasteiger partial charge in [0.25, 0.3) is 0 Å². The minimum atomic E-state index is 0.902. The van der Waals surface area contributed by atoms with Crippen LogP contribution in [0.2, 0.25) is 0 Å². The van der Waals surface area contributed by atoms with Crippen LogP contribution >= 0.6 is 15.9 Å². The zero-order valence-corrected chi connectivity index (χ0v) is 10.5. The van der Waals surface area contributed by atoms with Gasteiger partial charge in [-0.05, 0) is 31.4 Å². The first-order chi connectivity index (χ1) is 7.86. The van der Waals surface area contributed by atoms with Crippen LogP contribution in [0.4, 0.5) is 0 Å². The highest BCUT2D eigenvalue weighted by atomic mass is 79.9. The minimum absolute atomic E-state index is 0.902. The maximum Gasteiger partial charge on any atom is 0.141 e. The van der Waals surface area contributed by atoms with Crippen molar-refractivity contribution < 1.29 is 4.84 Å². The summed E-state index contributed by atoms with van der Waals surface area (Å²) in [7, 11) is 0. The summed E-state index contributed by atoms with van der Waals surface area (Å²) in [6, 6.07) is 7.80. The standard InChI is InChI=1S/C13H13BrNO/c14-13-9-5-4-6-11(13)10-15-16-12-7-2-1-3-8-12/h4-7,9H,1-3,8H2. The summed E-state index contributed by atoms with van der Waals surface area (Å²) in [5.74, 6) is 0.964. The Bertz CT molecular complexity index is 412. The van der Waals surface area contributed by atoms with Crippen molar-refractivity contribution in [2.75, 3.05) is 0 Å². The van der Waals surface area contributed by atoms with Crippen LogP contribution in [0.5, 0.6) is 0 Å². The van der Waals surface area contributed by atoms with Gasteiger partial charge in [-0.25, -0.2) is 0 Å². The molecule has 0 atom stereocenters. The Morgan fingerprint density at radius 1 is 1.25 bits per heavy atom. The fraction of sp³-hybridized carbons (Fsp3) is 0.308. The Labute approximate surface area is 104 Å². The lowest BCUT2D eigenvalue weighted by molar-refractivity contribution is 0.210. The summed E-state index contributed by atoms with van der Waals surface area (Å²) >= 11 is 3.43. The van der Waals surface area contributed by atoms with Crippen molar-refractivity contribution in [1.29, 1.82) is 0 Å². The third kappa shape index (κ3) is 3.20. The fourth-order valence-corrected chi connectivity index (χ4v) is 1.95. The van der Waals surface area contributed by atoms with Gasteiger partial charge >= 0.3 is 0 Å². The van der Waals surface area contributed by atoms with Gasteiger partial charge < -0.3 is 4.84 Å². The first kappa shape index (κ1) is 11.4. The van der Waals surface area contributed by atoms with Gasteiger partial charge in [-0.1, -0.05) is 39.3 Å². The van der Waals surface area contributed by atoms with E-state index in [4.69, 9.17) is 4.84 Å². The lowest BCUT2D eigenvalue weighted by Crippen LogP contribution is -1.93. The zero-order valence-electron chi connectivity index (χ0n) is 8.95. The van der Waals surface area contributed by atoms with E-state index in [2.05, 4.69) is 33.4 Å². The average Bonchev–Trinajstić information content (AvgIpc) is 2.33. The van der Waals surface area contributed by atoms with Crippen LogP contribution in [0.15, 0.2) is 45.7 Å². The van der Waals surface area contributed by atoms with Gasteiger partial charge in [-0.15, -0.1) is 0 Å². The van der Waals surface area contributed by atoms with Gasteiger partial charge in [0.1, 0.15) is 12.0 Å². The Morgan fingerprint density at radius 2 is 2.12 bits per heavy atom. The molecule has 3 heteroatoms. The van der Waals surface area contributed by atoms with E-state index in [0.717, 1.165) is 28.6 Å². The molecule has 1 aromatic rings. The average molecular weight is 279 g/mol. The highest BCUT2D eigenvalue weighted by Crippen LogP contribution is 2.18. The second-order valence-electron chi connectivity index (χ2n) is 3.69. The number of benzene rings is 1. The van der Waals surface area contributed by atoms with Gasteiger partial charge in [0.2, 0.25) is 0 Å². The number of hydrogen-bond donors (Lipinski definition) is 0. The molecule has 0 bridgehead atoms. The molecular formula is C13H13BrNO. The van der Waals surface area contributed by atoms with Crippen molar-refractivity contribution >= 4 is 22.1 Å². The summed E-state index contributed by atoms with van der Waals surface area (Å²) in [5.41, 5.74) is 0.902. The molecule has 1 aromatic carbocycles. The van der Waals surface area contributed by atoms with Gasteiger partial charge in [0.15, 0.2) is 0 Å². The second-order valence-corrected chi connectivity index (χ2v) is 4.54. The van der Waals surface area contributed by atoms with Gasteiger partial charge in [0, 0.05) is 16.5 Å². The Hall–Kier alpha value is -1.09. The summed E-state index contributed by atoms with van der Waals surface area (Å²) in [6.45, 7) is 0. The second kappa shape index (κ2) is 5.85. The first-order valence-electron chi connectivity index (χ1n) is 5.43. The molecule has 0 fully saturated rings. The molecule has 0 spiro atoms. The molecule has 0 heterocycles. The minimum Gasteiger partial charge on any atom is -0.361 e. The highest BCUT2D eigenvalue weighted by Gasteiger charge is 2.03. The molecule has 16 heavy (non-hydrogen) atoms. The molecule has 0 saturated carbocycles. The number of allylic oxidation sites excluding steroid dienone is 2. The van der Waals surface area contributed by atoms with E-state index >= 15 is 0 Å². The number of halogens is 1. The molecule has 2 rings (SSSR count). The first-order valence-corrected chi connectivity index (χ1v) is 6.22. The fourth-order valence-electron chi connectivity index (χ4n) is 1.57. The lowest BCUT2D eigenvalue weighted by atomic mass is 10.1. The summed E-state index contributed by atoms with van der Waals surface area (Å²) in [4.78, 5) is 5.30. The quantitative estimate of drug-likeness (QED) is 0.602. The van der Waals surface area contributed by atoms with Crippen molar-refractivity contribution in [3.05, 3.63) is 46.1 Å². The molecule has 0 aliphatic heterocycles. The van der Waals surface area contributed by atoms with Crippen molar-refractivity contribution in [3.63, 3.8) is 0 Å². The Balaban J connectivity index is 1.94. The number of nitrogens with zero attached hydrogens (tertiary/aromatic N) is 1. The van der Waals surface area contributed by atoms with Crippen molar-refractivity contribution in [2.45, 2.75) is 25.7 Å². The van der Waals surface area contributed by atoms with Crippen LogP contribution in [0.1, 0.15) is 31.2 Å². The van der Waals surface area contributed by atoms with Crippen molar-refractivity contribution in [1.82, 2.24) is 0 Å². The Kier molecular flexibility index (Phi) is 4.17. The van der Waals surface area contributed by atoms with Crippen LogP contribution in [-0.2, 0) is 4.84 Å². The van der Waals surface area contributed by atoms with E-state index in [1.54, 1.807) is 0 Å². The molecule has 1 aliphatic carbocycles. The van der Waals surface area contributed by atoms with Crippen LogP contribution in [0.3, 0.4) is 0 Å². The van der Waals surface area contributed by atoms with E-state index in [-0.39, 0.29) is 0 Å². The molecule has 1 aliphatic rings. The summed E-state index contributed by atoms with van der Waals surface area (Å²) in [6.07, 6.45) is 9.51. The molecule has 0 N–H and O–H groups in total. The third-order valence-electron chi connectivity index (χ3n) is 2.45. The van der Waals surface area contributed by atoms with E-state index in [9.17, 15) is 0 Å². The lowest BCUT2D eigenvalue weighted by Gasteiger charge is -2.08. The third-order valence-corrected chi connectivity index (χ3v) is 3.14. The van der Waals surface area contributed by atoms with Gasteiger partial charge in [-0.3, -0.25) is 0 Å². The van der Waals surface area contributed by atoms with Crippen molar-refractivity contribution in [3.8, 4) is 0 Å². The predicted octanol–water partition coefficient (Wildman–Crippen LogP) is 4.13. The van der Waals surface area contributed by atoms with E-state index in [1.807, 2.05) is 24.3 Å². The molecule has 1 radical (unpaired) electrons. The monoisotopic (exact) mass is 278 g/mol. The van der Waals surface area contributed by atoms with E-state index < -0.39 is 0 Å². The van der Waals surface area contributed by atoms with Crippen molar-refractivity contribution in [2.24, 2.45) is 5.16 Å². The topological polar surface area (TPSA) is 21.6 Å². The van der Waals surface area contributed by atoms with Crippen LogP contribution in [0, 0.1) is 0 Å². The zero-order chi connectivity index (χ0) is 11.2. The largest absolute Gasteiger partial charge is 0.361 e. The molecule has 83 valence electrons. The molecule has 0 unspecified atom stereocenters.